The molecule has 0 saturated heterocycles. The Morgan fingerprint density at radius 3 is 1.92 bits per heavy atom. The van der Waals surface area contributed by atoms with Gasteiger partial charge in [-0.05, 0) is 37.1 Å². The van der Waals surface area contributed by atoms with E-state index in [0.717, 1.165) is 0 Å². The number of phenols is 1. The van der Waals surface area contributed by atoms with Crippen LogP contribution in [0.25, 0.3) is 0 Å². The molecule has 0 bridgehead atoms. The fraction of sp³-hybridized carbons (Fsp3) is 0.250. The molecule has 3 nitrogen and oxygen atoms in total. The van der Waals surface area contributed by atoms with Crippen LogP contribution in [0.1, 0.15) is 11.1 Å². The first-order valence-electron chi connectivity index (χ1n) is 3.57. The SMILES string of the molecule is Cc1cc(S(=O)(=O)Cl)cc(C)c1O. The molecule has 1 rings (SSSR count). The number of aryl methyl sites for hydroxylation is 2. The number of halogens is 1. The first kappa shape index (κ1) is 10.3. The van der Waals surface area contributed by atoms with Crippen LogP contribution in [0, 0.1) is 13.8 Å². The molecule has 0 saturated carbocycles. The Morgan fingerprint density at radius 2 is 1.62 bits per heavy atom. The van der Waals surface area contributed by atoms with Crippen LogP contribution in [0.15, 0.2) is 17.0 Å². The zero-order valence-electron chi connectivity index (χ0n) is 7.20. The van der Waals surface area contributed by atoms with Gasteiger partial charge in [-0.25, -0.2) is 8.42 Å². The average molecular weight is 221 g/mol. The summed E-state index contributed by atoms with van der Waals surface area (Å²) in [7, 11) is 1.44. The molecule has 72 valence electrons. The van der Waals surface area contributed by atoms with Crippen LogP contribution in [0.4, 0.5) is 0 Å². The molecule has 0 aliphatic rings. The summed E-state index contributed by atoms with van der Waals surface area (Å²) in [5, 5.41) is 9.36. The maximum absolute atomic E-state index is 10.9. The van der Waals surface area contributed by atoms with Gasteiger partial charge < -0.3 is 5.11 Å². The minimum absolute atomic E-state index is 0.0157. The second kappa shape index (κ2) is 3.20. The van der Waals surface area contributed by atoms with E-state index < -0.39 is 9.05 Å². The van der Waals surface area contributed by atoms with Crippen molar-refractivity contribution in [2.45, 2.75) is 18.7 Å². The van der Waals surface area contributed by atoms with Gasteiger partial charge in [-0.2, -0.15) is 0 Å². The summed E-state index contributed by atoms with van der Waals surface area (Å²) in [5.41, 5.74) is 0.999. The van der Waals surface area contributed by atoms with Crippen LogP contribution in [-0.2, 0) is 9.05 Å². The molecule has 1 aromatic rings. The van der Waals surface area contributed by atoms with Crippen LogP contribution >= 0.6 is 10.7 Å². The molecule has 1 aromatic carbocycles. The van der Waals surface area contributed by atoms with Gasteiger partial charge in [-0.15, -0.1) is 0 Å². The molecule has 0 heterocycles. The number of hydrogen-bond acceptors (Lipinski definition) is 3. The van der Waals surface area contributed by atoms with E-state index in [2.05, 4.69) is 0 Å². The topological polar surface area (TPSA) is 54.4 Å². The molecule has 0 aromatic heterocycles. The van der Waals surface area contributed by atoms with Crippen molar-refractivity contribution >= 4 is 19.7 Å². The smallest absolute Gasteiger partial charge is 0.261 e. The van der Waals surface area contributed by atoms with E-state index in [1.54, 1.807) is 13.8 Å². The van der Waals surface area contributed by atoms with Crippen LogP contribution < -0.4 is 0 Å². The summed E-state index contributed by atoms with van der Waals surface area (Å²) in [6.45, 7) is 3.24. The maximum Gasteiger partial charge on any atom is 0.261 e. The zero-order chi connectivity index (χ0) is 10.2. The molecular formula is C8H9ClO3S. The van der Waals surface area contributed by atoms with Gasteiger partial charge in [-0.3, -0.25) is 0 Å². The number of rotatable bonds is 1. The predicted octanol–water partition coefficient (Wildman–Crippen LogP) is 1.94. The minimum atomic E-state index is -3.70. The van der Waals surface area contributed by atoms with Crippen LogP contribution in [-0.4, -0.2) is 13.5 Å². The lowest BCUT2D eigenvalue weighted by Gasteiger charge is -2.04. The summed E-state index contributed by atoms with van der Waals surface area (Å²) in [6, 6.07) is 2.68. The summed E-state index contributed by atoms with van der Waals surface area (Å²) in [5.74, 6) is 0.101. The number of benzene rings is 1. The highest BCUT2D eigenvalue weighted by Gasteiger charge is 2.13. The molecule has 0 fully saturated rings. The van der Waals surface area contributed by atoms with Crippen LogP contribution in [0.3, 0.4) is 0 Å². The van der Waals surface area contributed by atoms with Crippen LogP contribution in [0.2, 0.25) is 0 Å². The summed E-state index contributed by atoms with van der Waals surface area (Å²) >= 11 is 0. The molecule has 1 N–H and O–H groups in total. The monoisotopic (exact) mass is 220 g/mol. The van der Waals surface area contributed by atoms with Crippen molar-refractivity contribution in [3.8, 4) is 5.75 Å². The standard InChI is InChI=1S/C8H9ClO3S/c1-5-3-7(13(9,11)12)4-6(2)8(5)10/h3-4,10H,1-2H3. The van der Waals surface area contributed by atoms with Gasteiger partial charge in [0.05, 0.1) is 4.90 Å². The van der Waals surface area contributed by atoms with Crippen molar-refractivity contribution in [2.75, 3.05) is 0 Å². The highest BCUT2D eigenvalue weighted by atomic mass is 35.7. The Hall–Kier alpha value is -0.740. The molecule has 5 heteroatoms. The third-order valence-electron chi connectivity index (χ3n) is 1.75. The van der Waals surface area contributed by atoms with Crippen molar-refractivity contribution < 1.29 is 13.5 Å². The molecule has 0 radical (unpaired) electrons. The molecule has 0 amide bonds. The van der Waals surface area contributed by atoms with E-state index >= 15 is 0 Å². The Morgan fingerprint density at radius 1 is 1.23 bits per heavy atom. The third-order valence-corrected chi connectivity index (χ3v) is 3.08. The van der Waals surface area contributed by atoms with Gasteiger partial charge in [0, 0.05) is 10.7 Å². The van der Waals surface area contributed by atoms with Crippen molar-refractivity contribution in [3.05, 3.63) is 23.3 Å². The molecule has 0 spiro atoms. The molecular weight excluding hydrogens is 212 g/mol. The lowest BCUT2D eigenvalue weighted by atomic mass is 10.1. The Balaban J connectivity index is 3.47. The molecule has 0 aliphatic carbocycles. The summed E-state index contributed by atoms with van der Waals surface area (Å²) in [4.78, 5) is 0.0157. The minimum Gasteiger partial charge on any atom is -0.507 e. The Kier molecular flexibility index (Phi) is 2.54. The lowest BCUT2D eigenvalue weighted by Crippen LogP contribution is -1.93. The number of aromatic hydroxyl groups is 1. The maximum atomic E-state index is 10.9. The fourth-order valence-corrected chi connectivity index (χ4v) is 1.96. The van der Waals surface area contributed by atoms with Gasteiger partial charge in [0.25, 0.3) is 9.05 Å². The number of hydrogen-bond donors (Lipinski definition) is 1. The van der Waals surface area contributed by atoms with E-state index in [4.69, 9.17) is 10.7 Å². The van der Waals surface area contributed by atoms with Gasteiger partial charge in [-0.1, -0.05) is 0 Å². The van der Waals surface area contributed by atoms with E-state index in [1.165, 1.54) is 12.1 Å². The average Bonchev–Trinajstić information content (AvgIpc) is 1.97. The second-order valence-electron chi connectivity index (χ2n) is 2.84. The van der Waals surface area contributed by atoms with E-state index in [9.17, 15) is 13.5 Å². The molecule has 0 unspecified atom stereocenters. The lowest BCUT2D eigenvalue weighted by molar-refractivity contribution is 0.466. The highest BCUT2D eigenvalue weighted by Crippen LogP contribution is 2.26. The molecule has 13 heavy (non-hydrogen) atoms. The quantitative estimate of drug-likeness (QED) is 0.736. The van der Waals surface area contributed by atoms with Crippen molar-refractivity contribution in [2.24, 2.45) is 0 Å². The van der Waals surface area contributed by atoms with E-state index in [0.29, 0.717) is 11.1 Å². The predicted molar refractivity (Wildman–Crippen MR) is 50.6 cm³/mol. The van der Waals surface area contributed by atoms with Gasteiger partial charge in [0.1, 0.15) is 5.75 Å². The largest absolute Gasteiger partial charge is 0.507 e. The normalized spacial score (nSPS) is 11.6. The third kappa shape index (κ3) is 2.14. The summed E-state index contributed by atoms with van der Waals surface area (Å²) < 4.78 is 21.9. The van der Waals surface area contributed by atoms with Crippen molar-refractivity contribution in [1.82, 2.24) is 0 Å². The van der Waals surface area contributed by atoms with E-state index in [-0.39, 0.29) is 10.6 Å². The second-order valence-corrected chi connectivity index (χ2v) is 5.41. The fourth-order valence-electron chi connectivity index (χ4n) is 1.06. The zero-order valence-corrected chi connectivity index (χ0v) is 8.78. The summed E-state index contributed by atoms with van der Waals surface area (Å²) in [6.07, 6.45) is 0. The molecule has 0 aliphatic heterocycles. The Bertz CT molecular complexity index is 414. The Labute approximate surface area is 81.4 Å². The van der Waals surface area contributed by atoms with Gasteiger partial charge in [0.15, 0.2) is 0 Å². The van der Waals surface area contributed by atoms with Crippen molar-refractivity contribution in [3.63, 3.8) is 0 Å². The number of phenolic OH excluding ortho intramolecular Hbond substituents is 1. The first-order chi connectivity index (χ1) is 5.82. The van der Waals surface area contributed by atoms with Gasteiger partial charge in [0.2, 0.25) is 0 Å². The van der Waals surface area contributed by atoms with Gasteiger partial charge >= 0.3 is 0 Å². The highest BCUT2D eigenvalue weighted by molar-refractivity contribution is 8.13. The first-order valence-corrected chi connectivity index (χ1v) is 5.88. The van der Waals surface area contributed by atoms with Crippen LogP contribution in [0.5, 0.6) is 5.75 Å². The molecule has 0 atom stereocenters. The van der Waals surface area contributed by atoms with E-state index in [1.807, 2.05) is 0 Å². The van der Waals surface area contributed by atoms with Crippen molar-refractivity contribution in [1.29, 1.82) is 0 Å².